The second-order valence-corrected chi connectivity index (χ2v) is 5.95. The zero-order chi connectivity index (χ0) is 19.6. The van der Waals surface area contributed by atoms with E-state index in [1.807, 2.05) is 18.2 Å². The third-order valence-corrected chi connectivity index (χ3v) is 4.22. The lowest BCUT2D eigenvalue weighted by molar-refractivity contribution is -0.385. The zero-order valence-corrected chi connectivity index (χ0v) is 14.8. The third-order valence-electron chi connectivity index (χ3n) is 4.22. The van der Waals surface area contributed by atoms with Gasteiger partial charge in [-0.15, -0.1) is 0 Å². The number of carbonyl (C=O) groups is 1. The van der Waals surface area contributed by atoms with Crippen LogP contribution in [-0.4, -0.2) is 30.0 Å². The Morgan fingerprint density at radius 2 is 2.00 bits per heavy atom. The molecule has 140 valence electrons. The summed E-state index contributed by atoms with van der Waals surface area (Å²) in [5.74, 6) is -0.376. The van der Waals surface area contributed by atoms with E-state index in [9.17, 15) is 19.7 Å². The van der Waals surface area contributed by atoms with Crippen molar-refractivity contribution in [3.05, 3.63) is 68.9 Å². The molecular formula is C17H18N6O4. The maximum absolute atomic E-state index is 12.7. The van der Waals surface area contributed by atoms with E-state index in [4.69, 9.17) is 0 Å². The highest BCUT2D eigenvalue weighted by Gasteiger charge is 2.18. The van der Waals surface area contributed by atoms with Gasteiger partial charge in [0.05, 0.1) is 16.3 Å². The fraction of sp³-hybridized carbons (Fsp3) is 0.235. The first-order valence-electron chi connectivity index (χ1n) is 8.19. The summed E-state index contributed by atoms with van der Waals surface area (Å²) < 4.78 is 4.46. The normalized spacial score (nSPS) is 10.7. The summed E-state index contributed by atoms with van der Waals surface area (Å²) in [6.45, 7) is 1.91. The van der Waals surface area contributed by atoms with Crippen LogP contribution < -0.4 is 10.9 Å². The average molecular weight is 370 g/mol. The first-order chi connectivity index (χ1) is 12.9. The standard InChI is InChI=1S/C17H18N6O4/c1-12-16(17(25)22(20(12)2)13-6-4-3-5-7-13)19-15(24)8-9-21-11-14(10-18-21)23(26)27/h3-7,10-11H,8-9H2,1-2H3,(H,19,24). The molecular weight excluding hydrogens is 352 g/mol. The quantitative estimate of drug-likeness (QED) is 0.523. The van der Waals surface area contributed by atoms with E-state index in [1.165, 1.54) is 15.6 Å². The van der Waals surface area contributed by atoms with E-state index in [-0.39, 0.29) is 35.8 Å². The summed E-state index contributed by atoms with van der Waals surface area (Å²) in [4.78, 5) is 35.1. The van der Waals surface area contributed by atoms with Crippen molar-refractivity contribution in [1.29, 1.82) is 0 Å². The van der Waals surface area contributed by atoms with Crippen LogP contribution in [-0.2, 0) is 18.4 Å². The second kappa shape index (κ2) is 7.28. The number of aromatic nitrogens is 4. The fourth-order valence-electron chi connectivity index (χ4n) is 2.70. The van der Waals surface area contributed by atoms with Gasteiger partial charge in [0.25, 0.3) is 5.56 Å². The van der Waals surface area contributed by atoms with Gasteiger partial charge in [-0.3, -0.25) is 29.1 Å². The number of amides is 1. The molecule has 1 N–H and O–H groups in total. The molecule has 0 atom stereocenters. The van der Waals surface area contributed by atoms with Crippen LogP contribution in [0.4, 0.5) is 11.4 Å². The van der Waals surface area contributed by atoms with Crippen LogP contribution in [0.2, 0.25) is 0 Å². The molecule has 10 nitrogen and oxygen atoms in total. The van der Waals surface area contributed by atoms with Crippen LogP contribution >= 0.6 is 0 Å². The number of nitro groups is 1. The van der Waals surface area contributed by atoms with Gasteiger partial charge in [-0.05, 0) is 19.1 Å². The molecule has 0 unspecified atom stereocenters. The third kappa shape index (κ3) is 3.64. The lowest BCUT2D eigenvalue weighted by atomic mass is 10.3. The topological polar surface area (TPSA) is 117 Å². The SMILES string of the molecule is Cc1c(NC(=O)CCn2cc([N+](=O)[O-])cn2)c(=O)n(-c2ccccc2)n1C. The van der Waals surface area contributed by atoms with E-state index in [1.54, 1.807) is 30.8 Å². The number of rotatable bonds is 6. The lowest BCUT2D eigenvalue weighted by Crippen LogP contribution is -2.23. The fourth-order valence-corrected chi connectivity index (χ4v) is 2.70. The molecule has 0 bridgehead atoms. The summed E-state index contributed by atoms with van der Waals surface area (Å²) in [6, 6.07) is 9.11. The highest BCUT2D eigenvalue weighted by molar-refractivity contribution is 5.91. The Balaban J connectivity index is 1.74. The molecule has 0 saturated heterocycles. The molecule has 2 heterocycles. The van der Waals surface area contributed by atoms with E-state index in [0.717, 1.165) is 6.20 Å². The predicted octanol–water partition coefficient (Wildman–Crippen LogP) is 1.62. The molecule has 10 heteroatoms. The van der Waals surface area contributed by atoms with E-state index < -0.39 is 4.92 Å². The van der Waals surface area contributed by atoms with Gasteiger partial charge in [-0.2, -0.15) is 5.10 Å². The summed E-state index contributed by atoms with van der Waals surface area (Å²) in [6.07, 6.45) is 2.40. The molecule has 0 aliphatic heterocycles. The molecule has 27 heavy (non-hydrogen) atoms. The minimum Gasteiger partial charge on any atom is -0.320 e. The highest BCUT2D eigenvalue weighted by atomic mass is 16.6. The molecule has 0 fully saturated rings. The van der Waals surface area contributed by atoms with E-state index in [2.05, 4.69) is 10.4 Å². The van der Waals surface area contributed by atoms with Crippen LogP contribution in [0.15, 0.2) is 47.5 Å². The number of para-hydroxylation sites is 1. The maximum Gasteiger partial charge on any atom is 0.306 e. The van der Waals surface area contributed by atoms with E-state index in [0.29, 0.717) is 11.4 Å². The Hall–Kier alpha value is -3.69. The molecule has 3 rings (SSSR count). The molecule has 2 aromatic heterocycles. The predicted molar refractivity (Wildman–Crippen MR) is 97.9 cm³/mol. The average Bonchev–Trinajstić information content (AvgIpc) is 3.21. The Labute approximate surface area is 153 Å². The number of hydrogen-bond acceptors (Lipinski definition) is 5. The number of nitrogens with one attached hydrogen (secondary N) is 1. The van der Waals surface area contributed by atoms with E-state index >= 15 is 0 Å². The summed E-state index contributed by atoms with van der Waals surface area (Å²) in [7, 11) is 1.74. The molecule has 1 aromatic carbocycles. The highest BCUT2D eigenvalue weighted by Crippen LogP contribution is 2.14. The van der Waals surface area contributed by atoms with Crippen LogP contribution in [0.5, 0.6) is 0 Å². The number of hydrogen-bond donors (Lipinski definition) is 1. The summed E-state index contributed by atoms with van der Waals surface area (Å²) in [5, 5.41) is 17.1. The zero-order valence-electron chi connectivity index (χ0n) is 14.8. The number of nitrogens with zero attached hydrogens (tertiary/aromatic N) is 5. The minimum absolute atomic E-state index is 0.0257. The molecule has 0 aliphatic carbocycles. The van der Waals surface area contributed by atoms with Crippen molar-refractivity contribution in [1.82, 2.24) is 19.1 Å². The van der Waals surface area contributed by atoms with Gasteiger partial charge in [0.1, 0.15) is 18.1 Å². The van der Waals surface area contributed by atoms with Gasteiger partial charge in [0.15, 0.2) is 0 Å². The van der Waals surface area contributed by atoms with Crippen LogP contribution in [0, 0.1) is 17.0 Å². The van der Waals surface area contributed by atoms with Crippen LogP contribution in [0.3, 0.4) is 0 Å². The van der Waals surface area contributed by atoms with Gasteiger partial charge in [-0.25, -0.2) is 4.68 Å². The molecule has 0 saturated carbocycles. The Morgan fingerprint density at radius 3 is 2.63 bits per heavy atom. The lowest BCUT2D eigenvalue weighted by Gasteiger charge is -2.07. The summed E-state index contributed by atoms with van der Waals surface area (Å²) in [5.41, 5.74) is 1.05. The van der Waals surface area contributed by atoms with Crippen molar-refractivity contribution in [2.45, 2.75) is 19.9 Å². The molecule has 3 aromatic rings. The molecule has 1 amide bonds. The molecule has 0 radical (unpaired) electrons. The summed E-state index contributed by atoms with van der Waals surface area (Å²) >= 11 is 0. The van der Waals surface area contributed by atoms with Crippen molar-refractivity contribution in [3.8, 4) is 5.69 Å². The number of benzene rings is 1. The molecule has 0 spiro atoms. The smallest absolute Gasteiger partial charge is 0.306 e. The van der Waals surface area contributed by atoms with Crippen molar-refractivity contribution in [3.63, 3.8) is 0 Å². The number of aryl methyl sites for hydroxylation is 1. The van der Waals surface area contributed by atoms with Crippen molar-refractivity contribution >= 4 is 17.3 Å². The Morgan fingerprint density at radius 1 is 1.30 bits per heavy atom. The van der Waals surface area contributed by atoms with Crippen molar-refractivity contribution < 1.29 is 9.72 Å². The maximum atomic E-state index is 12.7. The van der Waals surface area contributed by atoms with Gasteiger partial charge in [-0.1, -0.05) is 18.2 Å². The van der Waals surface area contributed by atoms with Crippen LogP contribution in [0.25, 0.3) is 5.69 Å². The van der Waals surface area contributed by atoms with Crippen LogP contribution in [0.1, 0.15) is 12.1 Å². The van der Waals surface area contributed by atoms with Crippen molar-refractivity contribution in [2.75, 3.05) is 5.32 Å². The van der Waals surface area contributed by atoms with Gasteiger partial charge >= 0.3 is 5.69 Å². The molecule has 0 aliphatic rings. The first-order valence-corrected chi connectivity index (χ1v) is 8.19. The van der Waals surface area contributed by atoms with Gasteiger partial charge in [0.2, 0.25) is 5.91 Å². The monoisotopic (exact) mass is 370 g/mol. The van der Waals surface area contributed by atoms with Gasteiger partial charge < -0.3 is 5.32 Å². The Bertz CT molecular complexity index is 1050. The first kappa shape index (κ1) is 18.1. The minimum atomic E-state index is -0.553. The Kier molecular flexibility index (Phi) is 4.88. The van der Waals surface area contributed by atoms with Gasteiger partial charge in [0, 0.05) is 20.0 Å². The largest absolute Gasteiger partial charge is 0.320 e. The number of anilines is 1. The second-order valence-electron chi connectivity index (χ2n) is 5.95. The van der Waals surface area contributed by atoms with Crippen molar-refractivity contribution in [2.24, 2.45) is 7.05 Å². The number of carbonyl (C=O) groups excluding carboxylic acids is 1.